The predicted molar refractivity (Wildman–Crippen MR) is 81.5 cm³/mol. The van der Waals surface area contributed by atoms with E-state index in [1.807, 2.05) is 13.8 Å². The first kappa shape index (κ1) is 18.4. The second kappa shape index (κ2) is 8.08. The van der Waals surface area contributed by atoms with Gasteiger partial charge in [0.05, 0.1) is 11.5 Å². The number of nitrogens with zero attached hydrogens (tertiary/aromatic N) is 1. The second-order valence-electron chi connectivity index (χ2n) is 4.75. The van der Waals surface area contributed by atoms with Gasteiger partial charge in [-0.2, -0.15) is 4.31 Å². The Morgan fingerprint density at radius 3 is 2.62 bits per heavy atom. The molecular formula is C14H21ClFNO3S. The minimum absolute atomic E-state index is 0.00741. The van der Waals surface area contributed by atoms with Crippen molar-refractivity contribution >= 4 is 21.6 Å². The fourth-order valence-electron chi connectivity index (χ4n) is 1.97. The van der Waals surface area contributed by atoms with Crippen LogP contribution in [0.15, 0.2) is 23.1 Å². The van der Waals surface area contributed by atoms with Crippen LogP contribution in [0.4, 0.5) is 4.39 Å². The molecule has 0 bridgehead atoms. The standard InChI is InChI=1S/C14H21ClFNO3S/c1-4-11(2)17(7-8-20-3)21(18,19)14-9-13(16)6-5-12(14)10-15/h5-6,9,11H,4,7-8,10H2,1-3H3. The molecule has 1 rings (SSSR count). The normalized spacial score (nSPS) is 13.6. The van der Waals surface area contributed by atoms with E-state index in [1.165, 1.54) is 23.5 Å². The van der Waals surface area contributed by atoms with E-state index in [1.54, 1.807) is 0 Å². The molecule has 0 aliphatic heterocycles. The third kappa shape index (κ3) is 4.39. The summed E-state index contributed by atoms with van der Waals surface area (Å²) in [5, 5.41) is 0. The molecule has 4 nitrogen and oxygen atoms in total. The van der Waals surface area contributed by atoms with Crippen LogP contribution in [0.1, 0.15) is 25.8 Å². The molecule has 0 aliphatic rings. The summed E-state index contributed by atoms with van der Waals surface area (Å²) in [5.41, 5.74) is 0.392. The van der Waals surface area contributed by atoms with Gasteiger partial charge in [-0.25, -0.2) is 12.8 Å². The molecule has 7 heteroatoms. The van der Waals surface area contributed by atoms with E-state index >= 15 is 0 Å². The van der Waals surface area contributed by atoms with Gasteiger partial charge in [-0.05, 0) is 31.0 Å². The molecule has 0 amide bonds. The van der Waals surface area contributed by atoms with E-state index in [0.717, 1.165) is 6.07 Å². The summed E-state index contributed by atoms with van der Waals surface area (Å²) >= 11 is 5.78. The smallest absolute Gasteiger partial charge is 0.243 e. The minimum Gasteiger partial charge on any atom is -0.383 e. The van der Waals surface area contributed by atoms with E-state index in [2.05, 4.69) is 0 Å². The van der Waals surface area contributed by atoms with Gasteiger partial charge < -0.3 is 4.74 Å². The fraction of sp³-hybridized carbons (Fsp3) is 0.571. The van der Waals surface area contributed by atoms with Crippen molar-refractivity contribution in [2.75, 3.05) is 20.3 Å². The molecule has 1 aromatic rings. The summed E-state index contributed by atoms with van der Waals surface area (Å²) in [5.74, 6) is -0.591. The Labute approximate surface area is 130 Å². The summed E-state index contributed by atoms with van der Waals surface area (Å²) in [6.07, 6.45) is 0.647. The van der Waals surface area contributed by atoms with Crippen molar-refractivity contribution in [1.29, 1.82) is 0 Å². The van der Waals surface area contributed by atoms with Crippen LogP contribution in [-0.2, 0) is 20.6 Å². The first-order chi connectivity index (χ1) is 9.88. The second-order valence-corrected chi connectivity index (χ2v) is 6.88. The number of sulfonamides is 1. The number of halogens is 2. The molecule has 0 heterocycles. The van der Waals surface area contributed by atoms with Crippen molar-refractivity contribution in [1.82, 2.24) is 4.31 Å². The van der Waals surface area contributed by atoms with Crippen LogP contribution in [0, 0.1) is 5.82 Å². The van der Waals surface area contributed by atoms with Crippen LogP contribution in [0.25, 0.3) is 0 Å². The highest BCUT2D eigenvalue weighted by atomic mass is 35.5. The molecule has 1 atom stereocenters. The Kier molecular flexibility index (Phi) is 7.06. The van der Waals surface area contributed by atoms with Gasteiger partial charge in [0.1, 0.15) is 5.82 Å². The van der Waals surface area contributed by atoms with Crippen molar-refractivity contribution < 1.29 is 17.5 Å². The summed E-state index contributed by atoms with van der Waals surface area (Å²) in [6.45, 7) is 4.20. The lowest BCUT2D eigenvalue weighted by atomic mass is 10.2. The highest BCUT2D eigenvalue weighted by molar-refractivity contribution is 7.89. The zero-order valence-corrected chi connectivity index (χ0v) is 14.0. The number of hydrogen-bond donors (Lipinski definition) is 0. The number of rotatable bonds is 8. The third-order valence-electron chi connectivity index (χ3n) is 3.36. The van der Waals surface area contributed by atoms with Gasteiger partial charge in [-0.1, -0.05) is 13.0 Å². The zero-order chi connectivity index (χ0) is 16.0. The van der Waals surface area contributed by atoms with Crippen molar-refractivity contribution in [3.8, 4) is 0 Å². The van der Waals surface area contributed by atoms with Crippen molar-refractivity contribution in [2.24, 2.45) is 0 Å². The fourth-order valence-corrected chi connectivity index (χ4v) is 4.20. The molecule has 0 spiro atoms. The zero-order valence-electron chi connectivity index (χ0n) is 12.5. The molecule has 0 radical (unpaired) electrons. The molecule has 120 valence electrons. The van der Waals surface area contributed by atoms with E-state index in [-0.39, 0.29) is 30.0 Å². The van der Waals surface area contributed by atoms with Gasteiger partial charge in [0, 0.05) is 25.6 Å². The Morgan fingerprint density at radius 1 is 1.43 bits per heavy atom. The lowest BCUT2D eigenvalue weighted by Gasteiger charge is -2.28. The maximum atomic E-state index is 13.5. The number of methoxy groups -OCH3 is 1. The number of ether oxygens (including phenoxy) is 1. The average molecular weight is 338 g/mol. The lowest BCUT2D eigenvalue weighted by Crippen LogP contribution is -2.40. The van der Waals surface area contributed by atoms with E-state index < -0.39 is 15.8 Å². The minimum atomic E-state index is -3.82. The Morgan fingerprint density at radius 2 is 2.10 bits per heavy atom. The quantitative estimate of drug-likeness (QED) is 0.685. The van der Waals surface area contributed by atoms with Crippen LogP contribution in [0.3, 0.4) is 0 Å². The molecule has 1 unspecified atom stereocenters. The maximum Gasteiger partial charge on any atom is 0.243 e. The van der Waals surface area contributed by atoms with E-state index in [0.29, 0.717) is 12.0 Å². The molecule has 1 aromatic carbocycles. The summed E-state index contributed by atoms with van der Waals surface area (Å²) in [6, 6.07) is 3.42. The van der Waals surface area contributed by atoms with Crippen LogP contribution in [0.2, 0.25) is 0 Å². The first-order valence-electron chi connectivity index (χ1n) is 6.73. The van der Waals surface area contributed by atoms with Crippen molar-refractivity contribution in [3.05, 3.63) is 29.6 Å². The molecule has 0 aliphatic carbocycles. The molecule has 21 heavy (non-hydrogen) atoms. The highest BCUT2D eigenvalue weighted by Gasteiger charge is 2.30. The topological polar surface area (TPSA) is 46.6 Å². The molecule has 0 N–H and O–H groups in total. The largest absolute Gasteiger partial charge is 0.383 e. The molecular weight excluding hydrogens is 317 g/mol. The van der Waals surface area contributed by atoms with Crippen molar-refractivity contribution in [2.45, 2.75) is 37.1 Å². The van der Waals surface area contributed by atoms with Crippen LogP contribution in [-0.4, -0.2) is 39.0 Å². The van der Waals surface area contributed by atoms with Gasteiger partial charge in [0.25, 0.3) is 0 Å². The Balaban J connectivity index is 3.31. The van der Waals surface area contributed by atoms with Crippen LogP contribution < -0.4 is 0 Å². The first-order valence-corrected chi connectivity index (χ1v) is 8.71. The Hall–Kier alpha value is -0.690. The van der Waals surface area contributed by atoms with Gasteiger partial charge in [-0.15, -0.1) is 11.6 Å². The van der Waals surface area contributed by atoms with E-state index in [4.69, 9.17) is 16.3 Å². The predicted octanol–water partition coefficient (Wildman–Crippen LogP) is 3.00. The average Bonchev–Trinajstić information content (AvgIpc) is 2.47. The van der Waals surface area contributed by atoms with E-state index in [9.17, 15) is 12.8 Å². The summed E-state index contributed by atoms with van der Waals surface area (Å²) < 4.78 is 45.4. The Bertz CT molecular complexity index is 565. The van der Waals surface area contributed by atoms with Crippen molar-refractivity contribution in [3.63, 3.8) is 0 Å². The summed E-state index contributed by atoms with van der Waals surface area (Å²) in [7, 11) is -2.31. The number of hydrogen-bond acceptors (Lipinski definition) is 3. The van der Waals surface area contributed by atoms with Gasteiger partial charge in [0.15, 0.2) is 0 Å². The molecule has 0 aromatic heterocycles. The molecule has 0 fully saturated rings. The number of alkyl halides is 1. The maximum absolute atomic E-state index is 13.5. The summed E-state index contributed by atoms with van der Waals surface area (Å²) in [4.78, 5) is -0.0751. The number of benzene rings is 1. The monoisotopic (exact) mass is 337 g/mol. The lowest BCUT2D eigenvalue weighted by molar-refractivity contribution is 0.167. The third-order valence-corrected chi connectivity index (χ3v) is 5.74. The van der Waals surface area contributed by atoms with Gasteiger partial charge >= 0.3 is 0 Å². The highest BCUT2D eigenvalue weighted by Crippen LogP contribution is 2.25. The van der Waals surface area contributed by atoms with Gasteiger partial charge in [0.2, 0.25) is 10.0 Å². The van der Waals surface area contributed by atoms with Crippen LogP contribution in [0.5, 0.6) is 0 Å². The van der Waals surface area contributed by atoms with Crippen LogP contribution >= 0.6 is 11.6 Å². The molecule has 0 saturated heterocycles. The van der Waals surface area contributed by atoms with Gasteiger partial charge in [-0.3, -0.25) is 0 Å². The SMILES string of the molecule is CCC(C)N(CCOC)S(=O)(=O)c1cc(F)ccc1CCl. The molecule has 0 saturated carbocycles.